The van der Waals surface area contributed by atoms with Crippen LogP contribution in [-0.4, -0.2) is 6.66 Å². The van der Waals surface area contributed by atoms with Crippen molar-refractivity contribution in [2.45, 2.75) is 0 Å². The van der Waals surface area contributed by atoms with Gasteiger partial charge in [-0.05, 0) is 0 Å². The Kier molecular flexibility index (Phi) is 8400. The van der Waals surface area contributed by atoms with E-state index in [0.717, 1.165) is 0 Å². The Labute approximate surface area is 88.4 Å². The molecule has 0 aromatic carbocycles. The fourth-order valence-corrected chi connectivity index (χ4v) is 0. The summed E-state index contributed by atoms with van der Waals surface area (Å²) in [6.45, 7) is 24.6. The first-order valence-corrected chi connectivity index (χ1v) is 5.60. The van der Waals surface area contributed by atoms with Crippen LogP contribution in [0.5, 0.6) is 0 Å². The molecule has 0 heterocycles. The third-order valence-electron chi connectivity index (χ3n) is 0. The molecule has 0 spiro atoms. The van der Waals surface area contributed by atoms with Gasteiger partial charge in [-0.3, -0.25) is 0 Å². The number of rotatable bonds is 0. The molecule has 0 fully saturated rings. The molecule has 0 amide bonds. The second-order valence-corrected chi connectivity index (χ2v) is 3.24. The van der Waals surface area contributed by atoms with Gasteiger partial charge in [0.15, 0.2) is 0 Å². The Balaban J connectivity index is -0.0000000115. The molecule has 0 aliphatic rings. The summed E-state index contributed by atoms with van der Waals surface area (Å²) in [7, 11) is 0. The first-order chi connectivity index (χ1) is 6.41. The molecule has 0 aromatic heterocycles. The fourth-order valence-electron chi connectivity index (χ4n) is 0. The zero-order valence-electron chi connectivity index (χ0n) is 6.40. The maximum atomic E-state index is 7.50. The van der Waals surface area contributed by atoms with Crippen LogP contribution in [0.4, 0.5) is 0 Å². The minimum atomic E-state index is 1.43. The molecular weight excluding hydrogens is 279 g/mol. The Morgan fingerprint density at radius 2 is 0.692 bits per heavy atom. The molecule has 0 saturated carbocycles. The van der Waals surface area contributed by atoms with Crippen molar-refractivity contribution in [1.29, 1.82) is 0 Å². The van der Waals surface area contributed by atoms with Crippen molar-refractivity contribution in [1.82, 2.24) is 0 Å². The molecule has 0 bridgehead atoms. The van der Waals surface area contributed by atoms with Gasteiger partial charge in [-0.2, -0.15) is 0 Å². The molecule has 5 nitrogen and oxygen atoms in total. The van der Waals surface area contributed by atoms with Crippen molar-refractivity contribution in [2.75, 3.05) is 6.66 Å². The molecule has 0 aliphatic carbocycles. The van der Waals surface area contributed by atoms with E-state index in [1.165, 1.54) is 6.21 Å². The van der Waals surface area contributed by atoms with Crippen LogP contribution in [-0.2, 0) is 42.1 Å². The van der Waals surface area contributed by atoms with Crippen molar-refractivity contribution < 1.29 is 42.1 Å². The first kappa shape index (κ1) is 38.8. The van der Waals surface area contributed by atoms with Gasteiger partial charge in [0, 0.05) is 0 Å². The van der Waals surface area contributed by atoms with Crippen molar-refractivity contribution in [3.05, 3.63) is 33.3 Å². The second kappa shape index (κ2) is 2820. The van der Waals surface area contributed by atoms with Gasteiger partial charge in [-0.25, -0.2) is 0 Å². The van der Waals surface area contributed by atoms with Crippen LogP contribution >= 0.6 is 6.21 Å². The second-order valence-electron chi connectivity index (χ2n) is 0.183. The molecule has 0 N–H and O–H groups in total. The molecule has 0 radical (unpaired) electrons. The first-order valence-electron chi connectivity index (χ1n) is 1.65. The predicted octanol–water partition coefficient (Wildman–Crippen LogP) is 0.837. The summed E-state index contributed by atoms with van der Waals surface area (Å²) in [6.07, 6.45) is 1.43. The molecule has 0 unspecified atom stereocenters. The van der Waals surface area contributed by atoms with Gasteiger partial charge in [0.25, 0.3) is 0 Å². The Bertz CT molecular complexity index is 111. The van der Waals surface area contributed by atoms with E-state index in [0.29, 0.717) is 0 Å². The van der Waals surface area contributed by atoms with Crippen molar-refractivity contribution in [3.8, 4) is 0 Å². The molecule has 0 aliphatic heterocycles. The van der Waals surface area contributed by atoms with E-state index in [4.69, 9.17) is 23.3 Å². The van der Waals surface area contributed by atoms with Crippen LogP contribution in [0.15, 0.2) is 0 Å². The van der Waals surface area contributed by atoms with E-state index >= 15 is 0 Å². The van der Waals surface area contributed by atoms with Crippen LogP contribution in [0, 0.1) is 33.3 Å². The van der Waals surface area contributed by atoms with E-state index in [2.05, 4.69) is 39.9 Å². The van der Waals surface area contributed by atoms with Gasteiger partial charge in [-0.15, -0.1) is 0 Å². The summed E-state index contributed by atoms with van der Waals surface area (Å²) in [5.74, 6) is 0. The predicted molar refractivity (Wildman–Crippen MR) is 32.5 cm³/mol. The molecule has 0 saturated heterocycles. The Hall–Kier alpha value is -0.312. The van der Waals surface area contributed by atoms with Crippen molar-refractivity contribution in [2.24, 2.45) is 0 Å². The van der Waals surface area contributed by atoms with Gasteiger partial charge in [0.1, 0.15) is 0 Å². The van der Waals surface area contributed by atoms with Crippen LogP contribution in [0.25, 0.3) is 0 Å². The summed E-state index contributed by atoms with van der Waals surface area (Å²) >= 11 is 2.04. The zero-order valence-corrected chi connectivity index (χ0v) is 9.30. The van der Waals surface area contributed by atoms with Gasteiger partial charge in [0.05, 0.1) is 0 Å². The standard InChI is InChI=1S/5CO.CH3P.Mo/c6*1-2;/h;;;;;1H3;. The SMILES string of the molecule is C[P]=[Mo].[C-]#[O+].[C-]#[O+].[C-]#[O+].[C-]#[O+].[C-]#[O+]. The number of hydrogen-bond donors (Lipinski definition) is 0. The average molecular weight is 282 g/mol. The van der Waals surface area contributed by atoms with Crippen LogP contribution in [0.3, 0.4) is 0 Å². The van der Waals surface area contributed by atoms with Crippen LogP contribution in [0.1, 0.15) is 0 Å². The molecular formula is C6H3MoO5P. The van der Waals surface area contributed by atoms with Crippen molar-refractivity contribution >= 4 is 6.21 Å². The summed E-state index contributed by atoms with van der Waals surface area (Å²) in [5, 5.41) is 0. The maximum absolute atomic E-state index is 7.50. The summed E-state index contributed by atoms with van der Waals surface area (Å²) in [6, 6.07) is 0. The van der Waals surface area contributed by atoms with Crippen molar-refractivity contribution in [3.63, 3.8) is 0 Å². The zero-order chi connectivity index (χ0) is 12.7. The molecule has 7 heteroatoms. The minimum absolute atomic E-state index is 1.43. The van der Waals surface area contributed by atoms with E-state index in [9.17, 15) is 0 Å². The summed E-state index contributed by atoms with van der Waals surface area (Å²) < 4.78 is 37.5. The number of hydrogen-bond acceptors (Lipinski definition) is 0. The van der Waals surface area contributed by atoms with E-state index in [1.54, 1.807) is 0 Å². The third-order valence-corrected chi connectivity index (χ3v) is 0. The van der Waals surface area contributed by atoms with Crippen LogP contribution in [0.2, 0.25) is 0 Å². The van der Waals surface area contributed by atoms with Gasteiger partial charge < -0.3 is 0 Å². The Morgan fingerprint density at radius 3 is 0.692 bits per heavy atom. The van der Waals surface area contributed by atoms with Gasteiger partial charge in [-0.1, -0.05) is 0 Å². The normalized spacial score (nSPS) is 2.38. The molecule has 0 atom stereocenters. The van der Waals surface area contributed by atoms with E-state index in [1.807, 2.05) is 18.8 Å². The van der Waals surface area contributed by atoms with E-state index < -0.39 is 0 Å². The third kappa shape index (κ3) is 11300. The average Bonchev–Trinajstić information content (AvgIpc) is 2.32. The topological polar surface area (TPSA) is 99.5 Å². The van der Waals surface area contributed by atoms with Crippen LogP contribution < -0.4 is 0 Å². The molecule has 0 aromatic rings. The van der Waals surface area contributed by atoms with Gasteiger partial charge >= 0.3 is 88.2 Å². The Morgan fingerprint density at radius 1 is 0.692 bits per heavy atom. The van der Waals surface area contributed by atoms with E-state index in [-0.39, 0.29) is 0 Å². The molecule has 68 valence electrons. The fraction of sp³-hybridized carbons (Fsp3) is 0.167. The summed E-state index contributed by atoms with van der Waals surface area (Å²) in [4.78, 5) is 0. The summed E-state index contributed by atoms with van der Waals surface area (Å²) in [5.41, 5.74) is 0. The monoisotopic (exact) mass is 284 g/mol. The molecule has 13 heavy (non-hydrogen) atoms. The quantitative estimate of drug-likeness (QED) is 0.272. The van der Waals surface area contributed by atoms with Gasteiger partial charge in [0.2, 0.25) is 0 Å². The molecule has 0 rings (SSSR count).